The topological polar surface area (TPSA) is 71.3 Å². The van der Waals surface area contributed by atoms with Crippen LogP contribution in [0, 0.1) is 6.92 Å². The van der Waals surface area contributed by atoms with Crippen molar-refractivity contribution in [3.8, 4) is 0 Å². The van der Waals surface area contributed by atoms with Gasteiger partial charge in [0.2, 0.25) is 0 Å². The van der Waals surface area contributed by atoms with Crippen molar-refractivity contribution in [3.63, 3.8) is 0 Å². The van der Waals surface area contributed by atoms with Crippen LogP contribution in [0.5, 0.6) is 0 Å². The molecular weight excluding hydrogens is 290 g/mol. The third-order valence-corrected chi connectivity index (χ3v) is 5.15. The van der Waals surface area contributed by atoms with Gasteiger partial charge in [0.1, 0.15) is 21.5 Å². The lowest BCUT2D eigenvalue weighted by Crippen LogP contribution is -2.36. The molecule has 0 bridgehead atoms. The lowest BCUT2D eigenvalue weighted by molar-refractivity contribution is 0.221. The summed E-state index contributed by atoms with van der Waals surface area (Å²) >= 11 is 0. The molecule has 1 aliphatic rings. The van der Waals surface area contributed by atoms with Gasteiger partial charge in [0.15, 0.2) is 0 Å². The molecule has 1 aliphatic heterocycles. The smallest absolute Gasteiger partial charge is 0.148 e. The molecule has 0 aromatic carbocycles. The Morgan fingerprint density at radius 1 is 1.38 bits per heavy atom. The average Bonchev–Trinajstić information content (AvgIpc) is 2.98. The molecule has 0 amide bonds. The van der Waals surface area contributed by atoms with Crippen molar-refractivity contribution in [3.05, 3.63) is 11.6 Å². The summed E-state index contributed by atoms with van der Waals surface area (Å²) in [5.74, 6) is 2.12. The number of hydrogen-bond acceptors (Lipinski definition) is 6. The second-order valence-corrected chi connectivity index (χ2v) is 8.27. The fourth-order valence-electron chi connectivity index (χ4n) is 2.61. The van der Waals surface area contributed by atoms with Crippen molar-refractivity contribution in [2.24, 2.45) is 7.05 Å². The van der Waals surface area contributed by atoms with Crippen LogP contribution in [0.3, 0.4) is 0 Å². The van der Waals surface area contributed by atoms with Crippen LogP contribution in [0.2, 0.25) is 0 Å². The summed E-state index contributed by atoms with van der Waals surface area (Å²) in [7, 11) is 1.19. The summed E-state index contributed by atoms with van der Waals surface area (Å²) < 4.78 is 24.5. The van der Waals surface area contributed by atoms with Crippen LogP contribution in [0.25, 0.3) is 0 Å². The lowest BCUT2D eigenvalue weighted by Gasteiger charge is -2.24. The van der Waals surface area contributed by atoms with Crippen molar-refractivity contribution in [2.75, 3.05) is 38.7 Å². The van der Waals surface area contributed by atoms with Gasteiger partial charge in [0.25, 0.3) is 0 Å². The van der Waals surface area contributed by atoms with Gasteiger partial charge in [-0.3, -0.25) is 4.90 Å². The molecule has 0 spiro atoms. The predicted molar refractivity (Wildman–Crippen MR) is 81.8 cm³/mol. The summed E-state index contributed by atoms with van der Waals surface area (Å²) in [5, 5.41) is 8.27. The standard InChI is InChI=1S/C13H25N5O2S/c1-11-14-15-13(17(11)3)10-16(2)12-5-6-18(9-12)7-8-21(4,19)20/h12H,5-10H2,1-4H3. The molecule has 2 rings (SSSR count). The Morgan fingerprint density at radius 3 is 2.67 bits per heavy atom. The van der Waals surface area contributed by atoms with Gasteiger partial charge in [0.05, 0.1) is 12.3 Å². The molecule has 1 saturated heterocycles. The minimum absolute atomic E-state index is 0.242. The van der Waals surface area contributed by atoms with Crippen molar-refractivity contribution in [2.45, 2.75) is 25.9 Å². The molecule has 0 radical (unpaired) electrons. The highest BCUT2D eigenvalue weighted by Gasteiger charge is 2.26. The SMILES string of the molecule is Cc1nnc(CN(C)C2CCN(CCS(C)(=O)=O)C2)n1C. The van der Waals surface area contributed by atoms with Crippen LogP contribution in [0.15, 0.2) is 0 Å². The number of sulfone groups is 1. The van der Waals surface area contributed by atoms with E-state index in [1.807, 2.05) is 18.5 Å². The molecule has 120 valence electrons. The summed E-state index contributed by atoms with van der Waals surface area (Å²) in [4.78, 5) is 4.51. The maximum atomic E-state index is 11.2. The van der Waals surface area contributed by atoms with E-state index in [-0.39, 0.29) is 5.75 Å². The summed E-state index contributed by atoms with van der Waals surface area (Å²) in [6.45, 7) is 5.22. The largest absolute Gasteiger partial charge is 0.317 e. The molecular formula is C13H25N5O2S. The van der Waals surface area contributed by atoms with Gasteiger partial charge in [0, 0.05) is 32.4 Å². The van der Waals surface area contributed by atoms with Gasteiger partial charge in [-0.05, 0) is 26.9 Å². The van der Waals surface area contributed by atoms with E-state index in [1.165, 1.54) is 6.26 Å². The Labute approximate surface area is 126 Å². The number of likely N-dealkylation sites (N-methyl/N-ethyl adjacent to an activating group) is 1. The van der Waals surface area contributed by atoms with Gasteiger partial charge >= 0.3 is 0 Å². The van der Waals surface area contributed by atoms with Gasteiger partial charge in [-0.15, -0.1) is 10.2 Å². The Morgan fingerprint density at radius 2 is 2.10 bits per heavy atom. The van der Waals surface area contributed by atoms with Gasteiger partial charge in [-0.25, -0.2) is 8.42 Å². The Balaban J connectivity index is 1.85. The van der Waals surface area contributed by atoms with E-state index < -0.39 is 9.84 Å². The average molecular weight is 315 g/mol. The quantitative estimate of drug-likeness (QED) is 0.716. The molecule has 1 aromatic heterocycles. The van der Waals surface area contributed by atoms with Crippen LogP contribution in [0.1, 0.15) is 18.1 Å². The molecule has 1 atom stereocenters. The summed E-state index contributed by atoms with van der Waals surface area (Å²) in [6.07, 6.45) is 2.36. The molecule has 7 nitrogen and oxygen atoms in total. The first kappa shape index (κ1) is 16.4. The first-order valence-electron chi connectivity index (χ1n) is 7.21. The van der Waals surface area contributed by atoms with Crippen LogP contribution in [-0.4, -0.2) is 77.7 Å². The van der Waals surface area contributed by atoms with E-state index >= 15 is 0 Å². The van der Waals surface area contributed by atoms with E-state index in [0.29, 0.717) is 12.6 Å². The van der Waals surface area contributed by atoms with E-state index in [0.717, 1.165) is 37.7 Å². The zero-order valence-electron chi connectivity index (χ0n) is 13.3. The summed E-state index contributed by atoms with van der Waals surface area (Å²) in [6, 6.07) is 0.446. The highest BCUT2D eigenvalue weighted by molar-refractivity contribution is 7.90. The number of likely N-dealkylation sites (tertiary alicyclic amines) is 1. The number of aromatic nitrogens is 3. The minimum Gasteiger partial charge on any atom is -0.317 e. The zero-order valence-corrected chi connectivity index (χ0v) is 14.1. The van der Waals surface area contributed by atoms with Gasteiger partial charge < -0.3 is 9.47 Å². The van der Waals surface area contributed by atoms with E-state index in [4.69, 9.17) is 0 Å². The zero-order chi connectivity index (χ0) is 15.6. The first-order valence-corrected chi connectivity index (χ1v) is 9.27. The van der Waals surface area contributed by atoms with Crippen molar-refractivity contribution in [1.29, 1.82) is 0 Å². The number of rotatable bonds is 6. The van der Waals surface area contributed by atoms with Gasteiger partial charge in [-0.2, -0.15) is 0 Å². The molecule has 8 heteroatoms. The lowest BCUT2D eigenvalue weighted by atomic mass is 10.2. The molecule has 0 saturated carbocycles. The Kier molecular flexibility index (Phi) is 5.00. The van der Waals surface area contributed by atoms with Crippen molar-refractivity contribution < 1.29 is 8.42 Å². The Hall–Kier alpha value is -0.990. The summed E-state index contributed by atoms with van der Waals surface area (Å²) in [5.41, 5.74) is 0. The van der Waals surface area contributed by atoms with Crippen molar-refractivity contribution in [1.82, 2.24) is 24.6 Å². The molecule has 1 unspecified atom stereocenters. The van der Waals surface area contributed by atoms with Crippen LogP contribution < -0.4 is 0 Å². The van der Waals surface area contributed by atoms with E-state index in [1.54, 1.807) is 0 Å². The monoisotopic (exact) mass is 315 g/mol. The van der Waals surface area contributed by atoms with Crippen LogP contribution in [-0.2, 0) is 23.4 Å². The second kappa shape index (κ2) is 6.41. The van der Waals surface area contributed by atoms with Crippen LogP contribution in [0.4, 0.5) is 0 Å². The molecule has 0 N–H and O–H groups in total. The predicted octanol–water partition coefficient (Wildman–Crippen LogP) is -0.326. The minimum atomic E-state index is -2.88. The fourth-order valence-corrected chi connectivity index (χ4v) is 3.20. The van der Waals surface area contributed by atoms with Crippen molar-refractivity contribution >= 4 is 9.84 Å². The Bertz CT molecular complexity index is 583. The normalized spacial score (nSPS) is 20.5. The first-order chi connectivity index (χ1) is 9.76. The maximum Gasteiger partial charge on any atom is 0.148 e. The highest BCUT2D eigenvalue weighted by Crippen LogP contribution is 2.16. The second-order valence-electron chi connectivity index (χ2n) is 6.01. The van der Waals surface area contributed by atoms with E-state index in [2.05, 4.69) is 27.0 Å². The molecule has 2 heterocycles. The third kappa shape index (κ3) is 4.49. The maximum absolute atomic E-state index is 11.2. The van der Waals surface area contributed by atoms with Crippen LogP contribution >= 0.6 is 0 Å². The molecule has 0 aliphatic carbocycles. The number of aryl methyl sites for hydroxylation is 1. The number of hydrogen-bond donors (Lipinski definition) is 0. The third-order valence-electron chi connectivity index (χ3n) is 4.22. The van der Waals surface area contributed by atoms with E-state index in [9.17, 15) is 8.42 Å². The fraction of sp³-hybridized carbons (Fsp3) is 0.846. The highest BCUT2D eigenvalue weighted by atomic mass is 32.2. The molecule has 1 fully saturated rings. The number of nitrogens with zero attached hydrogens (tertiary/aromatic N) is 5. The van der Waals surface area contributed by atoms with Gasteiger partial charge in [-0.1, -0.05) is 0 Å². The molecule has 1 aromatic rings. The molecule has 21 heavy (non-hydrogen) atoms.